The topological polar surface area (TPSA) is 77.3 Å². The molecule has 0 aliphatic heterocycles. The van der Waals surface area contributed by atoms with Gasteiger partial charge < -0.3 is 9.40 Å². The molecule has 0 amide bonds. The number of hydroxylamine groups is 2. The highest BCUT2D eigenvalue weighted by molar-refractivity contribution is 7.13. The number of pyridine rings is 2. The Morgan fingerprint density at radius 2 is 1.88 bits per heavy atom. The molecular weight excluding hydrogens is 424 g/mol. The Labute approximate surface area is 192 Å². The smallest absolute Gasteiger partial charge is 0.358 e. The molecule has 0 atom stereocenters. The van der Waals surface area contributed by atoms with Crippen LogP contribution in [0.1, 0.15) is 63.0 Å². The average Bonchev–Trinajstić information content (AvgIpc) is 3.29. The van der Waals surface area contributed by atoms with Crippen molar-refractivity contribution < 1.29 is 9.63 Å². The maximum absolute atomic E-state index is 13.5. The molecule has 32 heavy (non-hydrogen) atoms. The number of thiazole rings is 1. The van der Waals surface area contributed by atoms with Gasteiger partial charge in [-0.25, -0.2) is 9.78 Å². The first kappa shape index (κ1) is 23.8. The molecule has 3 aromatic rings. The summed E-state index contributed by atoms with van der Waals surface area (Å²) in [5, 5.41) is 4.26. The Balaban J connectivity index is 2.17. The Morgan fingerprint density at radius 1 is 1.19 bits per heavy atom. The van der Waals surface area contributed by atoms with Gasteiger partial charge in [-0.15, -0.1) is 16.4 Å². The van der Waals surface area contributed by atoms with Crippen LogP contribution in [0.2, 0.25) is 0 Å². The summed E-state index contributed by atoms with van der Waals surface area (Å²) in [6, 6.07) is 5.42. The van der Waals surface area contributed by atoms with Crippen molar-refractivity contribution >= 4 is 17.3 Å². The molecule has 0 aliphatic carbocycles. The van der Waals surface area contributed by atoms with E-state index in [1.165, 1.54) is 11.3 Å². The molecule has 170 valence electrons. The van der Waals surface area contributed by atoms with Crippen molar-refractivity contribution in [1.29, 1.82) is 0 Å². The molecule has 0 aliphatic rings. The molecule has 8 heteroatoms. The Kier molecular flexibility index (Phi) is 7.93. The van der Waals surface area contributed by atoms with E-state index in [-0.39, 0.29) is 11.5 Å². The van der Waals surface area contributed by atoms with E-state index in [0.29, 0.717) is 42.1 Å². The van der Waals surface area contributed by atoms with E-state index in [1.54, 1.807) is 28.1 Å². The Hall–Kier alpha value is -2.84. The number of carbonyl (C=O) groups is 1. The lowest BCUT2D eigenvalue weighted by atomic mass is 10.00. The van der Waals surface area contributed by atoms with Crippen LogP contribution >= 0.6 is 11.3 Å². The fraction of sp³-hybridized carbons (Fsp3) is 0.417. The summed E-state index contributed by atoms with van der Waals surface area (Å²) in [6.07, 6.45) is 4.19. The third-order valence-corrected chi connectivity index (χ3v) is 6.06. The van der Waals surface area contributed by atoms with Gasteiger partial charge >= 0.3 is 5.97 Å². The van der Waals surface area contributed by atoms with E-state index in [0.717, 1.165) is 17.0 Å². The summed E-state index contributed by atoms with van der Waals surface area (Å²) in [7, 11) is 0. The van der Waals surface area contributed by atoms with Crippen LogP contribution < -0.4 is 5.56 Å². The molecule has 3 rings (SSSR count). The predicted molar refractivity (Wildman–Crippen MR) is 128 cm³/mol. The largest absolute Gasteiger partial charge is 0.364 e. The van der Waals surface area contributed by atoms with Crippen LogP contribution in [0.4, 0.5) is 0 Å². The molecule has 0 saturated heterocycles. The van der Waals surface area contributed by atoms with Crippen molar-refractivity contribution in [1.82, 2.24) is 19.6 Å². The van der Waals surface area contributed by atoms with Crippen LogP contribution in [0.15, 0.2) is 40.8 Å². The van der Waals surface area contributed by atoms with Crippen molar-refractivity contribution in [2.75, 3.05) is 13.1 Å². The summed E-state index contributed by atoms with van der Waals surface area (Å²) in [4.78, 5) is 41.0. The minimum atomic E-state index is -0.451. The number of nitrogens with zero attached hydrogens (tertiary/aromatic N) is 4. The third kappa shape index (κ3) is 4.97. The standard InChI is InChI=1S/C24H30N4O3S/c1-6-13-28-21(16(4)5)19(24(30)31-27(7-2)8-3)14-18(23(28)29)20-15-32-22(26-20)17-9-11-25-12-10-17/h9-12,14-16H,6-8,13H2,1-5H3. The van der Waals surface area contributed by atoms with E-state index >= 15 is 0 Å². The van der Waals surface area contributed by atoms with Crippen LogP contribution in [0.5, 0.6) is 0 Å². The molecule has 3 heterocycles. The Morgan fingerprint density at radius 3 is 2.47 bits per heavy atom. The first-order valence-corrected chi connectivity index (χ1v) is 11.9. The lowest BCUT2D eigenvalue weighted by Gasteiger charge is -2.22. The zero-order chi connectivity index (χ0) is 23.3. The average molecular weight is 455 g/mol. The monoisotopic (exact) mass is 454 g/mol. The van der Waals surface area contributed by atoms with Gasteiger partial charge in [0, 0.05) is 48.7 Å². The molecule has 0 radical (unpaired) electrons. The van der Waals surface area contributed by atoms with Gasteiger partial charge in [0.15, 0.2) is 0 Å². The third-order valence-electron chi connectivity index (χ3n) is 5.17. The molecule has 0 saturated carbocycles. The second-order valence-corrected chi connectivity index (χ2v) is 8.59. The second kappa shape index (κ2) is 10.7. The van der Waals surface area contributed by atoms with Gasteiger partial charge in [0.05, 0.1) is 16.8 Å². The van der Waals surface area contributed by atoms with Gasteiger partial charge in [0.1, 0.15) is 5.01 Å². The van der Waals surface area contributed by atoms with Crippen LogP contribution in [0.3, 0.4) is 0 Å². The predicted octanol–water partition coefficient (Wildman–Crippen LogP) is 4.98. The zero-order valence-corrected chi connectivity index (χ0v) is 20.1. The zero-order valence-electron chi connectivity index (χ0n) is 19.3. The molecule has 0 unspecified atom stereocenters. The normalized spacial score (nSPS) is 11.3. The molecule has 0 spiro atoms. The van der Waals surface area contributed by atoms with Crippen molar-refractivity contribution in [3.05, 3.63) is 57.6 Å². The van der Waals surface area contributed by atoms with Crippen LogP contribution in [-0.2, 0) is 11.4 Å². The summed E-state index contributed by atoms with van der Waals surface area (Å²) >= 11 is 1.46. The van der Waals surface area contributed by atoms with Gasteiger partial charge in [-0.1, -0.05) is 20.8 Å². The van der Waals surface area contributed by atoms with Crippen molar-refractivity contribution in [3.63, 3.8) is 0 Å². The summed E-state index contributed by atoms with van der Waals surface area (Å²) in [5.41, 5.74) is 2.87. The lowest BCUT2D eigenvalue weighted by molar-refractivity contribution is -0.103. The highest BCUT2D eigenvalue weighted by Crippen LogP contribution is 2.29. The maximum Gasteiger partial charge on any atom is 0.358 e. The van der Waals surface area contributed by atoms with Crippen molar-refractivity contribution in [3.8, 4) is 21.8 Å². The van der Waals surface area contributed by atoms with E-state index in [1.807, 2.05) is 52.1 Å². The minimum Gasteiger partial charge on any atom is -0.364 e. The molecule has 0 bridgehead atoms. The Bertz CT molecular complexity index is 1120. The van der Waals surface area contributed by atoms with Crippen LogP contribution in [0, 0.1) is 0 Å². The highest BCUT2D eigenvalue weighted by Gasteiger charge is 2.25. The van der Waals surface area contributed by atoms with Gasteiger partial charge in [-0.2, -0.15) is 0 Å². The highest BCUT2D eigenvalue weighted by atomic mass is 32.1. The van der Waals surface area contributed by atoms with E-state index in [2.05, 4.69) is 4.98 Å². The second-order valence-electron chi connectivity index (χ2n) is 7.74. The number of hydrogen-bond acceptors (Lipinski definition) is 7. The fourth-order valence-corrected chi connectivity index (χ4v) is 4.47. The number of hydrogen-bond donors (Lipinski definition) is 0. The summed E-state index contributed by atoms with van der Waals surface area (Å²) in [5.74, 6) is -0.474. The molecule has 0 aromatic carbocycles. The molecule has 0 fully saturated rings. The number of carbonyl (C=O) groups excluding carboxylic acids is 1. The summed E-state index contributed by atoms with van der Waals surface area (Å²) in [6.45, 7) is 11.5. The molecule has 7 nitrogen and oxygen atoms in total. The molecular formula is C24H30N4O3S. The van der Waals surface area contributed by atoms with Crippen molar-refractivity contribution in [2.45, 2.75) is 53.5 Å². The lowest BCUT2D eigenvalue weighted by Crippen LogP contribution is -2.32. The van der Waals surface area contributed by atoms with Crippen molar-refractivity contribution in [2.24, 2.45) is 0 Å². The minimum absolute atomic E-state index is 0.0228. The first-order valence-electron chi connectivity index (χ1n) is 11.0. The molecule has 0 N–H and O–H groups in total. The maximum atomic E-state index is 13.5. The number of rotatable bonds is 9. The summed E-state index contributed by atoms with van der Waals surface area (Å²) < 4.78 is 1.71. The van der Waals surface area contributed by atoms with Gasteiger partial charge in [-0.05, 0) is 44.4 Å². The van der Waals surface area contributed by atoms with Crippen LogP contribution in [-0.4, -0.2) is 38.7 Å². The van der Waals surface area contributed by atoms with Gasteiger partial charge in [0.2, 0.25) is 0 Å². The SMILES string of the molecule is CCCn1c(C(C)C)c(C(=O)ON(CC)CC)cc(-c2csc(-c3ccncc3)n2)c1=O. The first-order chi connectivity index (χ1) is 15.4. The van der Waals surface area contributed by atoms with Gasteiger partial charge in [-0.3, -0.25) is 9.78 Å². The van der Waals surface area contributed by atoms with Gasteiger partial charge in [0.25, 0.3) is 5.56 Å². The molecule has 3 aromatic heterocycles. The fourth-order valence-electron chi connectivity index (χ4n) is 3.64. The van der Waals surface area contributed by atoms with E-state index in [4.69, 9.17) is 9.82 Å². The van der Waals surface area contributed by atoms with Crippen LogP contribution in [0.25, 0.3) is 21.8 Å². The quantitative estimate of drug-likeness (QED) is 0.424. The van der Waals surface area contributed by atoms with E-state index in [9.17, 15) is 9.59 Å². The van der Waals surface area contributed by atoms with E-state index < -0.39 is 5.97 Å². The number of aromatic nitrogens is 3.